The van der Waals surface area contributed by atoms with Crippen molar-refractivity contribution in [1.29, 1.82) is 0 Å². The van der Waals surface area contributed by atoms with Crippen LogP contribution in [0.25, 0.3) is 0 Å². The van der Waals surface area contributed by atoms with E-state index >= 15 is 0 Å². The highest BCUT2D eigenvalue weighted by molar-refractivity contribution is 7.99. The van der Waals surface area contributed by atoms with Gasteiger partial charge in [-0.3, -0.25) is 4.79 Å². The molecule has 0 amide bonds. The Balaban J connectivity index is 2.79. The van der Waals surface area contributed by atoms with Gasteiger partial charge in [0.2, 0.25) is 0 Å². The van der Waals surface area contributed by atoms with Gasteiger partial charge in [-0.25, -0.2) is 0 Å². The van der Waals surface area contributed by atoms with Crippen molar-refractivity contribution in [2.24, 2.45) is 5.41 Å². The molecule has 0 aliphatic carbocycles. The Kier molecular flexibility index (Phi) is 5.69. The lowest BCUT2D eigenvalue weighted by Crippen LogP contribution is -2.23. The molecule has 0 bridgehead atoms. The van der Waals surface area contributed by atoms with Crippen LogP contribution in [0.5, 0.6) is 0 Å². The van der Waals surface area contributed by atoms with Crippen LogP contribution in [0.2, 0.25) is 0 Å². The van der Waals surface area contributed by atoms with Gasteiger partial charge >= 0.3 is 5.97 Å². The third-order valence-corrected chi connectivity index (χ3v) is 4.51. The number of ether oxygens (including phenoxy) is 1. The van der Waals surface area contributed by atoms with Crippen molar-refractivity contribution in [1.82, 2.24) is 0 Å². The van der Waals surface area contributed by atoms with Crippen LogP contribution < -0.4 is 0 Å². The fraction of sp³-hybridized carbons (Fsp3) is 0.588. The monoisotopic (exact) mass is 294 g/mol. The number of benzene rings is 1. The fourth-order valence-electron chi connectivity index (χ4n) is 1.76. The minimum atomic E-state index is -0.451. The zero-order valence-corrected chi connectivity index (χ0v) is 14.3. The summed E-state index contributed by atoms with van der Waals surface area (Å²) in [6.07, 6.45) is 3.10. The van der Waals surface area contributed by atoms with Gasteiger partial charge in [-0.2, -0.15) is 11.8 Å². The summed E-state index contributed by atoms with van der Waals surface area (Å²) in [4.78, 5) is 11.9. The molecule has 0 unspecified atom stereocenters. The molecule has 0 heterocycles. The highest BCUT2D eigenvalue weighted by Gasteiger charge is 2.24. The standard InChI is InChI=1S/C17H26O2S/c1-16(2,3)15(18)19-12-14-10-8-7-9-13(14)11-17(4,5)20-6/h7-10H,11-12H2,1-6H3. The van der Waals surface area contributed by atoms with E-state index in [0.29, 0.717) is 6.61 Å². The van der Waals surface area contributed by atoms with Crippen LogP contribution >= 0.6 is 11.8 Å². The number of carbonyl (C=O) groups is 1. The third-order valence-electron chi connectivity index (χ3n) is 3.26. The zero-order chi connectivity index (χ0) is 15.4. The molecule has 1 aromatic carbocycles. The van der Waals surface area contributed by atoms with Gasteiger partial charge < -0.3 is 4.74 Å². The fourth-order valence-corrected chi connectivity index (χ4v) is 2.06. The summed E-state index contributed by atoms with van der Waals surface area (Å²) in [5.41, 5.74) is 1.91. The van der Waals surface area contributed by atoms with Gasteiger partial charge in [0.1, 0.15) is 6.61 Å². The SMILES string of the molecule is CSC(C)(C)Cc1ccccc1COC(=O)C(C)(C)C. The first-order chi connectivity index (χ1) is 9.15. The predicted octanol–water partition coefficient (Wildman–Crippen LogP) is 4.46. The van der Waals surface area contributed by atoms with E-state index in [0.717, 1.165) is 12.0 Å². The summed E-state index contributed by atoms with van der Waals surface area (Å²) >= 11 is 1.85. The van der Waals surface area contributed by atoms with E-state index in [1.807, 2.05) is 50.7 Å². The molecule has 0 aliphatic heterocycles. The number of hydrogen-bond acceptors (Lipinski definition) is 3. The molecule has 0 fully saturated rings. The van der Waals surface area contributed by atoms with Gasteiger partial charge in [0.05, 0.1) is 5.41 Å². The highest BCUT2D eigenvalue weighted by atomic mass is 32.2. The van der Waals surface area contributed by atoms with E-state index in [-0.39, 0.29) is 10.7 Å². The van der Waals surface area contributed by atoms with Crippen molar-refractivity contribution < 1.29 is 9.53 Å². The van der Waals surface area contributed by atoms with Crippen LogP contribution in [0.1, 0.15) is 45.7 Å². The summed E-state index contributed by atoms with van der Waals surface area (Å²) in [6, 6.07) is 8.20. The topological polar surface area (TPSA) is 26.3 Å². The van der Waals surface area contributed by atoms with E-state index in [2.05, 4.69) is 26.2 Å². The van der Waals surface area contributed by atoms with Crippen LogP contribution in [0.15, 0.2) is 24.3 Å². The van der Waals surface area contributed by atoms with Crippen LogP contribution in [0.4, 0.5) is 0 Å². The summed E-state index contributed by atoms with van der Waals surface area (Å²) in [5.74, 6) is -0.156. The van der Waals surface area contributed by atoms with E-state index in [4.69, 9.17) is 4.74 Å². The maximum absolute atomic E-state index is 11.9. The summed E-state index contributed by atoms with van der Waals surface area (Å²) in [7, 11) is 0. The second kappa shape index (κ2) is 6.66. The van der Waals surface area contributed by atoms with Crippen LogP contribution in [0, 0.1) is 5.41 Å². The Morgan fingerprint density at radius 1 is 1.10 bits per heavy atom. The quantitative estimate of drug-likeness (QED) is 0.750. The average molecular weight is 294 g/mol. The Labute approximate surface area is 127 Å². The Bertz CT molecular complexity index is 458. The lowest BCUT2D eigenvalue weighted by Gasteiger charge is -2.24. The van der Waals surface area contributed by atoms with Crippen molar-refractivity contribution in [2.75, 3.05) is 6.26 Å². The number of rotatable bonds is 5. The molecule has 20 heavy (non-hydrogen) atoms. The van der Waals surface area contributed by atoms with Crippen molar-refractivity contribution in [3.8, 4) is 0 Å². The van der Waals surface area contributed by atoms with Gasteiger partial charge in [0.15, 0.2) is 0 Å². The van der Waals surface area contributed by atoms with Crippen LogP contribution in [-0.2, 0) is 22.6 Å². The van der Waals surface area contributed by atoms with Gasteiger partial charge in [0.25, 0.3) is 0 Å². The number of carbonyl (C=O) groups excluding carboxylic acids is 1. The van der Waals surface area contributed by atoms with Gasteiger partial charge in [-0.15, -0.1) is 0 Å². The molecule has 112 valence electrons. The number of thioether (sulfide) groups is 1. The highest BCUT2D eigenvalue weighted by Crippen LogP contribution is 2.28. The molecule has 0 spiro atoms. The number of esters is 1. The first-order valence-corrected chi connectivity index (χ1v) is 8.17. The van der Waals surface area contributed by atoms with E-state index in [1.165, 1.54) is 5.56 Å². The molecule has 2 nitrogen and oxygen atoms in total. The van der Waals surface area contributed by atoms with Crippen molar-refractivity contribution in [3.05, 3.63) is 35.4 Å². The van der Waals surface area contributed by atoms with Gasteiger partial charge in [0, 0.05) is 4.75 Å². The van der Waals surface area contributed by atoms with Crippen molar-refractivity contribution >= 4 is 17.7 Å². The number of hydrogen-bond donors (Lipinski definition) is 0. The molecule has 0 saturated carbocycles. The normalized spacial score (nSPS) is 12.3. The molecule has 0 aliphatic rings. The zero-order valence-electron chi connectivity index (χ0n) is 13.4. The average Bonchev–Trinajstić information content (AvgIpc) is 2.36. The van der Waals surface area contributed by atoms with Crippen molar-refractivity contribution in [2.45, 2.75) is 52.4 Å². The summed E-state index contributed by atoms with van der Waals surface area (Å²) < 4.78 is 5.62. The van der Waals surface area contributed by atoms with E-state index in [1.54, 1.807) is 0 Å². The largest absolute Gasteiger partial charge is 0.460 e. The molecule has 0 aromatic heterocycles. The Morgan fingerprint density at radius 3 is 2.15 bits per heavy atom. The Hall–Kier alpha value is -0.960. The smallest absolute Gasteiger partial charge is 0.311 e. The first-order valence-electron chi connectivity index (χ1n) is 6.95. The molecule has 0 saturated heterocycles. The predicted molar refractivity (Wildman–Crippen MR) is 87.0 cm³/mol. The van der Waals surface area contributed by atoms with Crippen LogP contribution in [-0.4, -0.2) is 17.0 Å². The maximum Gasteiger partial charge on any atom is 0.311 e. The second-order valence-electron chi connectivity index (χ2n) is 6.74. The first kappa shape index (κ1) is 17.1. The lowest BCUT2D eigenvalue weighted by atomic mass is 9.96. The molecular weight excluding hydrogens is 268 g/mol. The Morgan fingerprint density at radius 2 is 1.65 bits per heavy atom. The van der Waals surface area contributed by atoms with Crippen LogP contribution in [0.3, 0.4) is 0 Å². The van der Waals surface area contributed by atoms with E-state index < -0.39 is 5.41 Å². The lowest BCUT2D eigenvalue weighted by molar-refractivity contribution is -0.154. The second-order valence-corrected chi connectivity index (χ2v) is 8.25. The molecular formula is C17H26O2S. The molecule has 1 aromatic rings. The van der Waals surface area contributed by atoms with E-state index in [9.17, 15) is 4.79 Å². The molecule has 0 atom stereocenters. The van der Waals surface area contributed by atoms with Crippen molar-refractivity contribution in [3.63, 3.8) is 0 Å². The molecule has 3 heteroatoms. The molecule has 0 N–H and O–H groups in total. The minimum absolute atomic E-state index is 0.156. The van der Waals surface area contributed by atoms with Gasteiger partial charge in [-0.1, -0.05) is 38.1 Å². The molecule has 0 radical (unpaired) electrons. The summed E-state index contributed by atoms with van der Waals surface area (Å²) in [5, 5.41) is 0. The summed E-state index contributed by atoms with van der Waals surface area (Å²) in [6.45, 7) is 10.4. The van der Waals surface area contributed by atoms with Gasteiger partial charge in [-0.05, 0) is 44.6 Å². The third kappa shape index (κ3) is 5.20. The maximum atomic E-state index is 11.9. The molecule has 1 rings (SSSR count). The minimum Gasteiger partial charge on any atom is -0.460 e.